The van der Waals surface area contributed by atoms with Crippen molar-refractivity contribution in [2.45, 2.75) is 20.4 Å². The third kappa shape index (κ3) is 4.98. The number of rotatable bonds is 7. The van der Waals surface area contributed by atoms with Gasteiger partial charge >= 0.3 is 0 Å². The maximum absolute atomic E-state index is 12.9. The quantitative estimate of drug-likeness (QED) is 0.839. The van der Waals surface area contributed by atoms with Gasteiger partial charge in [0, 0.05) is 12.1 Å². The summed E-state index contributed by atoms with van der Waals surface area (Å²) in [6, 6.07) is 11.1. The van der Waals surface area contributed by atoms with Gasteiger partial charge in [0.05, 0.1) is 13.7 Å². The molecule has 0 fully saturated rings. The Bertz CT molecular complexity index is 684. The second-order valence-electron chi connectivity index (χ2n) is 5.88. The minimum atomic E-state index is -0.299. The van der Waals surface area contributed by atoms with E-state index in [2.05, 4.69) is 19.2 Å². The molecule has 2 rings (SSSR count). The molecule has 0 aliphatic carbocycles. The first-order valence-corrected chi connectivity index (χ1v) is 7.83. The lowest BCUT2D eigenvalue weighted by molar-refractivity contribution is 0.0950. The SMILES string of the molecule is COc1cc(C(=O)NCc2ccc(F)cc2)ccc1OCC(C)C. The standard InChI is InChI=1S/C19H22FNO3/c1-13(2)12-24-17-9-6-15(10-18(17)23-3)19(22)21-11-14-4-7-16(20)8-5-14/h4-10,13H,11-12H2,1-3H3,(H,21,22). The molecule has 24 heavy (non-hydrogen) atoms. The van der Waals surface area contributed by atoms with Crippen molar-refractivity contribution in [3.05, 3.63) is 59.4 Å². The Morgan fingerprint density at radius 3 is 2.46 bits per heavy atom. The first-order chi connectivity index (χ1) is 11.5. The van der Waals surface area contributed by atoms with E-state index in [-0.39, 0.29) is 11.7 Å². The maximum atomic E-state index is 12.9. The van der Waals surface area contributed by atoms with Crippen LogP contribution in [0.3, 0.4) is 0 Å². The number of carbonyl (C=O) groups is 1. The molecular formula is C19H22FNO3. The van der Waals surface area contributed by atoms with Crippen LogP contribution < -0.4 is 14.8 Å². The van der Waals surface area contributed by atoms with E-state index in [1.54, 1.807) is 30.3 Å². The lowest BCUT2D eigenvalue weighted by Gasteiger charge is -2.13. The van der Waals surface area contributed by atoms with Gasteiger partial charge in [-0.05, 0) is 41.8 Å². The Balaban J connectivity index is 2.02. The molecule has 0 unspecified atom stereocenters. The lowest BCUT2D eigenvalue weighted by atomic mass is 10.1. The van der Waals surface area contributed by atoms with Crippen LogP contribution in [0.2, 0.25) is 0 Å². The van der Waals surface area contributed by atoms with Gasteiger partial charge in [-0.25, -0.2) is 4.39 Å². The van der Waals surface area contributed by atoms with Crippen molar-refractivity contribution in [2.75, 3.05) is 13.7 Å². The summed E-state index contributed by atoms with van der Waals surface area (Å²) in [5.41, 5.74) is 1.31. The molecule has 0 atom stereocenters. The average Bonchev–Trinajstić information content (AvgIpc) is 2.59. The highest BCUT2D eigenvalue weighted by Gasteiger charge is 2.11. The highest BCUT2D eigenvalue weighted by molar-refractivity contribution is 5.94. The molecule has 2 aromatic carbocycles. The van der Waals surface area contributed by atoms with Gasteiger partial charge in [-0.3, -0.25) is 4.79 Å². The molecule has 2 aromatic rings. The van der Waals surface area contributed by atoms with Crippen LogP contribution in [0.15, 0.2) is 42.5 Å². The predicted molar refractivity (Wildman–Crippen MR) is 90.9 cm³/mol. The van der Waals surface area contributed by atoms with Gasteiger partial charge in [0.2, 0.25) is 0 Å². The molecule has 0 radical (unpaired) electrons. The highest BCUT2D eigenvalue weighted by Crippen LogP contribution is 2.28. The van der Waals surface area contributed by atoms with Gasteiger partial charge in [-0.15, -0.1) is 0 Å². The third-order valence-corrected chi connectivity index (χ3v) is 3.36. The van der Waals surface area contributed by atoms with Crippen LogP contribution in [0.1, 0.15) is 29.8 Å². The summed E-state index contributed by atoms with van der Waals surface area (Å²) < 4.78 is 23.8. The van der Waals surface area contributed by atoms with E-state index in [0.717, 1.165) is 5.56 Å². The largest absolute Gasteiger partial charge is 0.493 e. The van der Waals surface area contributed by atoms with Gasteiger partial charge in [0.1, 0.15) is 5.82 Å². The second kappa shape index (κ2) is 8.34. The number of benzene rings is 2. The van der Waals surface area contributed by atoms with E-state index in [4.69, 9.17) is 9.47 Å². The van der Waals surface area contributed by atoms with Crippen molar-refractivity contribution in [1.29, 1.82) is 0 Å². The topological polar surface area (TPSA) is 47.6 Å². The van der Waals surface area contributed by atoms with Crippen LogP contribution in [0.5, 0.6) is 11.5 Å². The van der Waals surface area contributed by atoms with Crippen molar-refractivity contribution in [1.82, 2.24) is 5.32 Å². The summed E-state index contributed by atoms with van der Waals surface area (Å²) in [5, 5.41) is 2.80. The molecular weight excluding hydrogens is 309 g/mol. The number of carbonyl (C=O) groups excluding carboxylic acids is 1. The smallest absolute Gasteiger partial charge is 0.251 e. The van der Waals surface area contributed by atoms with Crippen LogP contribution in [-0.4, -0.2) is 19.6 Å². The molecule has 0 heterocycles. The summed E-state index contributed by atoms with van der Waals surface area (Å²) >= 11 is 0. The summed E-state index contributed by atoms with van der Waals surface area (Å²) in [5.74, 6) is 1.000. The fourth-order valence-electron chi connectivity index (χ4n) is 2.07. The van der Waals surface area contributed by atoms with Gasteiger partial charge < -0.3 is 14.8 Å². The summed E-state index contributed by atoms with van der Waals surface area (Å²) in [7, 11) is 1.54. The molecule has 0 spiro atoms. The molecule has 0 saturated carbocycles. The number of hydrogen-bond donors (Lipinski definition) is 1. The summed E-state index contributed by atoms with van der Waals surface area (Å²) in [6.07, 6.45) is 0. The number of halogens is 1. The van der Waals surface area contributed by atoms with Crippen molar-refractivity contribution >= 4 is 5.91 Å². The van der Waals surface area contributed by atoms with E-state index in [1.165, 1.54) is 19.2 Å². The molecule has 0 aromatic heterocycles. The van der Waals surface area contributed by atoms with Crippen molar-refractivity contribution < 1.29 is 18.7 Å². The molecule has 4 nitrogen and oxygen atoms in total. The van der Waals surface area contributed by atoms with E-state index in [0.29, 0.717) is 36.1 Å². The zero-order valence-corrected chi connectivity index (χ0v) is 14.1. The average molecular weight is 331 g/mol. The molecule has 0 bridgehead atoms. The van der Waals surface area contributed by atoms with E-state index in [1.807, 2.05) is 0 Å². The number of nitrogens with one attached hydrogen (secondary N) is 1. The monoisotopic (exact) mass is 331 g/mol. The van der Waals surface area contributed by atoms with Crippen LogP contribution in [0.25, 0.3) is 0 Å². The van der Waals surface area contributed by atoms with Gasteiger partial charge in [-0.2, -0.15) is 0 Å². The van der Waals surface area contributed by atoms with Gasteiger partial charge in [0.25, 0.3) is 5.91 Å². The van der Waals surface area contributed by atoms with E-state index in [9.17, 15) is 9.18 Å². The van der Waals surface area contributed by atoms with Crippen molar-refractivity contribution in [3.63, 3.8) is 0 Å². The van der Waals surface area contributed by atoms with E-state index >= 15 is 0 Å². The van der Waals surface area contributed by atoms with Gasteiger partial charge in [-0.1, -0.05) is 26.0 Å². The van der Waals surface area contributed by atoms with Crippen molar-refractivity contribution in [3.8, 4) is 11.5 Å². The normalized spacial score (nSPS) is 10.5. The first kappa shape index (κ1) is 17.8. The van der Waals surface area contributed by atoms with Crippen LogP contribution in [0.4, 0.5) is 4.39 Å². The fraction of sp³-hybridized carbons (Fsp3) is 0.316. The Labute approximate surface area is 141 Å². The molecule has 0 aliphatic rings. The number of methoxy groups -OCH3 is 1. The molecule has 1 amide bonds. The highest BCUT2D eigenvalue weighted by atomic mass is 19.1. The zero-order chi connectivity index (χ0) is 17.5. The van der Waals surface area contributed by atoms with Crippen molar-refractivity contribution in [2.24, 2.45) is 5.92 Å². The second-order valence-corrected chi connectivity index (χ2v) is 5.88. The molecule has 0 aliphatic heterocycles. The Hall–Kier alpha value is -2.56. The van der Waals surface area contributed by atoms with Gasteiger partial charge in [0.15, 0.2) is 11.5 Å². The lowest BCUT2D eigenvalue weighted by Crippen LogP contribution is -2.22. The third-order valence-electron chi connectivity index (χ3n) is 3.36. The molecule has 128 valence electrons. The first-order valence-electron chi connectivity index (χ1n) is 7.83. The van der Waals surface area contributed by atoms with Crippen LogP contribution in [0, 0.1) is 11.7 Å². The Kier molecular flexibility index (Phi) is 6.18. The number of hydrogen-bond acceptors (Lipinski definition) is 3. The van der Waals surface area contributed by atoms with Crippen LogP contribution in [-0.2, 0) is 6.54 Å². The fourth-order valence-corrected chi connectivity index (χ4v) is 2.07. The molecule has 1 N–H and O–H groups in total. The Morgan fingerprint density at radius 1 is 1.12 bits per heavy atom. The molecule has 0 saturated heterocycles. The number of amides is 1. The maximum Gasteiger partial charge on any atom is 0.251 e. The predicted octanol–water partition coefficient (Wildman–Crippen LogP) is 3.80. The summed E-state index contributed by atoms with van der Waals surface area (Å²) in [6.45, 7) is 5.02. The molecule has 5 heteroatoms. The summed E-state index contributed by atoms with van der Waals surface area (Å²) in [4.78, 5) is 12.2. The Morgan fingerprint density at radius 2 is 1.83 bits per heavy atom. The number of ether oxygens (including phenoxy) is 2. The zero-order valence-electron chi connectivity index (χ0n) is 14.1. The minimum absolute atomic E-state index is 0.229. The van der Waals surface area contributed by atoms with E-state index < -0.39 is 0 Å². The minimum Gasteiger partial charge on any atom is -0.493 e. The van der Waals surface area contributed by atoms with Crippen LogP contribution >= 0.6 is 0 Å².